The van der Waals surface area contributed by atoms with Crippen LogP contribution in [0.4, 0.5) is 11.4 Å². The normalized spacial score (nSPS) is 19.7. The minimum Gasteiger partial charge on any atom is -0.330 e. The third-order valence-corrected chi connectivity index (χ3v) is 4.49. The summed E-state index contributed by atoms with van der Waals surface area (Å²) >= 11 is 0. The lowest BCUT2D eigenvalue weighted by Crippen LogP contribution is -2.32. The van der Waals surface area contributed by atoms with Crippen molar-refractivity contribution in [3.05, 3.63) is 60.2 Å². The van der Waals surface area contributed by atoms with Crippen molar-refractivity contribution in [1.82, 2.24) is 0 Å². The number of nitrogens with one attached hydrogen (secondary N) is 1. The van der Waals surface area contributed by atoms with Crippen molar-refractivity contribution in [2.24, 2.45) is 23.3 Å². The zero-order valence-corrected chi connectivity index (χ0v) is 14.1. The van der Waals surface area contributed by atoms with Gasteiger partial charge < -0.3 is 16.8 Å². The molecule has 0 bridgehead atoms. The molecule has 3 rings (SSSR count). The Balaban J connectivity index is 1.78. The van der Waals surface area contributed by atoms with Crippen LogP contribution in [-0.4, -0.2) is 30.8 Å². The molecule has 26 heavy (non-hydrogen) atoms. The number of hydrogen-bond donors (Lipinski definition) is 3. The van der Waals surface area contributed by atoms with Crippen LogP contribution in [0.15, 0.2) is 54.6 Å². The highest BCUT2D eigenvalue weighted by Crippen LogP contribution is 2.30. The predicted octanol–water partition coefficient (Wildman–Crippen LogP) is 0.962. The molecule has 2 aromatic rings. The van der Waals surface area contributed by atoms with E-state index < -0.39 is 11.8 Å². The Bertz CT molecular complexity index is 798. The van der Waals surface area contributed by atoms with E-state index in [1.165, 1.54) is 0 Å². The van der Waals surface area contributed by atoms with E-state index in [9.17, 15) is 14.4 Å². The SMILES string of the molecule is NCC1C(=O)N(c2ccc(C(=O)Nc3ccccc3)cc2)C(=O)C1CN. The van der Waals surface area contributed by atoms with Gasteiger partial charge in [0, 0.05) is 24.3 Å². The number of nitrogens with two attached hydrogens (primary N) is 2. The lowest BCUT2D eigenvalue weighted by molar-refractivity contribution is -0.122. The zero-order chi connectivity index (χ0) is 18.7. The van der Waals surface area contributed by atoms with Gasteiger partial charge in [0.2, 0.25) is 11.8 Å². The molecule has 0 aromatic heterocycles. The molecule has 0 radical (unpaired) electrons. The predicted molar refractivity (Wildman–Crippen MR) is 98.4 cm³/mol. The summed E-state index contributed by atoms with van der Waals surface area (Å²) in [4.78, 5) is 38.3. The van der Waals surface area contributed by atoms with Crippen LogP contribution in [0, 0.1) is 11.8 Å². The smallest absolute Gasteiger partial charge is 0.255 e. The summed E-state index contributed by atoms with van der Waals surface area (Å²) in [5.74, 6) is -2.19. The van der Waals surface area contributed by atoms with Crippen LogP contribution >= 0.6 is 0 Å². The Hall–Kier alpha value is -3.03. The summed E-state index contributed by atoms with van der Waals surface area (Å²) in [7, 11) is 0. The molecule has 2 aromatic carbocycles. The van der Waals surface area contributed by atoms with E-state index >= 15 is 0 Å². The molecule has 2 atom stereocenters. The first-order valence-electron chi connectivity index (χ1n) is 8.31. The summed E-state index contributed by atoms with van der Waals surface area (Å²) in [5, 5.41) is 2.78. The van der Waals surface area contributed by atoms with Crippen molar-refractivity contribution in [3.8, 4) is 0 Å². The van der Waals surface area contributed by atoms with E-state index in [0.29, 0.717) is 16.9 Å². The van der Waals surface area contributed by atoms with Crippen molar-refractivity contribution < 1.29 is 14.4 Å². The van der Waals surface area contributed by atoms with E-state index in [2.05, 4.69) is 5.32 Å². The summed E-state index contributed by atoms with van der Waals surface area (Å²) < 4.78 is 0. The Kier molecular flexibility index (Phi) is 5.11. The van der Waals surface area contributed by atoms with Gasteiger partial charge in [-0.25, -0.2) is 4.90 Å². The Morgan fingerprint density at radius 2 is 1.42 bits per heavy atom. The number of imide groups is 1. The van der Waals surface area contributed by atoms with Gasteiger partial charge in [-0.1, -0.05) is 18.2 Å². The van der Waals surface area contributed by atoms with Gasteiger partial charge in [0.05, 0.1) is 17.5 Å². The highest BCUT2D eigenvalue weighted by atomic mass is 16.2. The molecule has 3 amide bonds. The van der Waals surface area contributed by atoms with E-state index in [0.717, 1.165) is 4.90 Å². The molecule has 2 unspecified atom stereocenters. The average Bonchev–Trinajstić information content (AvgIpc) is 2.91. The van der Waals surface area contributed by atoms with E-state index in [4.69, 9.17) is 11.5 Å². The molecule has 0 aliphatic carbocycles. The van der Waals surface area contributed by atoms with Crippen LogP contribution in [-0.2, 0) is 9.59 Å². The number of benzene rings is 2. The quantitative estimate of drug-likeness (QED) is 0.693. The van der Waals surface area contributed by atoms with E-state index in [-0.39, 0.29) is 30.8 Å². The first-order chi connectivity index (χ1) is 12.6. The summed E-state index contributed by atoms with van der Waals surface area (Å²) in [6.45, 7) is 0.140. The van der Waals surface area contributed by atoms with Gasteiger partial charge >= 0.3 is 0 Å². The third kappa shape index (κ3) is 3.22. The van der Waals surface area contributed by atoms with Gasteiger partial charge in [-0.05, 0) is 36.4 Å². The lowest BCUT2D eigenvalue weighted by Gasteiger charge is -2.15. The highest BCUT2D eigenvalue weighted by molar-refractivity contribution is 6.22. The molecule has 7 nitrogen and oxygen atoms in total. The monoisotopic (exact) mass is 352 g/mol. The Morgan fingerprint density at radius 1 is 0.885 bits per heavy atom. The molecule has 1 aliphatic rings. The van der Waals surface area contributed by atoms with Crippen molar-refractivity contribution >= 4 is 29.1 Å². The van der Waals surface area contributed by atoms with Gasteiger partial charge in [0.25, 0.3) is 5.91 Å². The molecule has 1 heterocycles. The molecule has 1 saturated heterocycles. The molecule has 0 saturated carbocycles. The van der Waals surface area contributed by atoms with Gasteiger partial charge in [-0.3, -0.25) is 14.4 Å². The molecular weight excluding hydrogens is 332 g/mol. The second-order valence-electron chi connectivity index (χ2n) is 6.06. The summed E-state index contributed by atoms with van der Waals surface area (Å²) in [5.41, 5.74) is 12.8. The van der Waals surface area contributed by atoms with Crippen molar-refractivity contribution in [2.75, 3.05) is 23.3 Å². The minimum atomic E-state index is -0.603. The van der Waals surface area contributed by atoms with Crippen LogP contribution in [0.2, 0.25) is 0 Å². The van der Waals surface area contributed by atoms with Crippen molar-refractivity contribution in [2.45, 2.75) is 0 Å². The van der Waals surface area contributed by atoms with Gasteiger partial charge in [-0.2, -0.15) is 0 Å². The summed E-state index contributed by atoms with van der Waals surface area (Å²) in [6.07, 6.45) is 0. The van der Waals surface area contributed by atoms with Gasteiger partial charge in [-0.15, -0.1) is 0 Å². The fraction of sp³-hybridized carbons (Fsp3) is 0.211. The second-order valence-corrected chi connectivity index (χ2v) is 6.06. The first kappa shape index (κ1) is 17.8. The molecular formula is C19H20N4O3. The molecule has 1 aliphatic heterocycles. The Morgan fingerprint density at radius 3 is 1.92 bits per heavy atom. The minimum absolute atomic E-state index is 0.0699. The van der Waals surface area contributed by atoms with Crippen molar-refractivity contribution in [3.63, 3.8) is 0 Å². The maximum absolute atomic E-state index is 12.5. The molecule has 7 heteroatoms. The molecule has 1 fully saturated rings. The largest absolute Gasteiger partial charge is 0.330 e. The number of para-hydroxylation sites is 1. The second kappa shape index (κ2) is 7.47. The number of hydrogen-bond acceptors (Lipinski definition) is 5. The fourth-order valence-electron chi connectivity index (χ4n) is 3.06. The van der Waals surface area contributed by atoms with Gasteiger partial charge in [0.15, 0.2) is 0 Å². The maximum atomic E-state index is 12.5. The summed E-state index contributed by atoms with van der Waals surface area (Å²) in [6, 6.07) is 15.4. The first-order valence-corrected chi connectivity index (χ1v) is 8.31. The number of anilines is 2. The third-order valence-electron chi connectivity index (χ3n) is 4.49. The average molecular weight is 352 g/mol. The van der Waals surface area contributed by atoms with Crippen LogP contribution in [0.1, 0.15) is 10.4 Å². The maximum Gasteiger partial charge on any atom is 0.255 e. The number of carbonyl (C=O) groups excluding carboxylic acids is 3. The van der Waals surface area contributed by atoms with Crippen LogP contribution < -0.4 is 21.7 Å². The molecule has 134 valence electrons. The highest BCUT2D eigenvalue weighted by Gasteiger charge is 2.46. The van der Waals surface area contributed by atoms with Crippen molar-refractivity contribution in [1.29, 1.82) is 0 Å². The molecule has 5 N–H and O–H groups in total. The number of carbonyl (C=O) groups is 3. The van der Waals surface area contributed by atoms with Crippen LogP contribution in [0.25, 0.3) is 0 Å². The fourth-order valence-corrected chi connectivity index (χ4v) is 3.06. The van der Waals surface area contributed by atoms with Gasteiger partial charge in [0.1, 0.15) is 0 Å². The van der Waals surface area contributed by atoms with E-state index in [1.807, 2.05) is 18.2 Å². The van der Waals surface area contributed by atoms with Crippen LogP contribution in [0.5, 0.6) is 0 Å². The Labute approximate surface area is 151 Å². The standard InChI is InChI=1S/C19H20N4O3/c20-10-15-16(11-21)19(26)23(18(15)25)14-8-6-12(7-9-14)17(24)22-13-4-2-1-3-5-13/h1-9,15-16H,10-11,20-21H2,(H,22,24). The lowest BCUT2D eigenvalue weighted by atomic mass is 9.95. The van der Waals surface area contributed by atoms with Crippen LogP contribution in [0.3, 0.4) is 0 Å². The van der Waals surface area contributed by atoms with E-state index in [1.54, 1.807) is 36.4 Å². The number of rotatable bonds is 5. The number of amides is 3. The zero-order valence-electron chi connectivity index (χ0n) is 14.1. The molecule has 0 spiro atoms. The topological polar surface area (TPSA) is 119 Å². The number of nitrogens with zero attached hydrogens (tertiary/aromatic N) is 1.